The standard InChI is InChI=1S/C12H19N3O4S/c1-9-7-15(4-5-19-9)20(17,18)10-6-11(12(16)13-2)14(3)8-10/h6,8-9H,4-5,7H2,1-3H3,(H,13,16). The molecule has 0 bridgehead atoms. The van der Waals surface area contributed by atoms with E-state index in [1.165, 1.54) is 28.2 Å². The minimum Gasteiger partial charge on any atom is -0.376 e. The molecule has 1 aromatic rings. The topological polar surface area (TPSA) is 80.6 Å². The van der Waals surface area contributed by atoms with Crippen LogP contribution < -0.4 is 5.32 Å². The van der Waals surface area contributed by atoms with E-state index in [0.717, 1.165) is 0 Å². The van der Waals surface area contributed by atoms with Crippen LogP contribution in [0.25, 0.3) is 0 Å². The van der Waals surface area contributed by atoms with Crippen molar-refractivity contribution in [1.82, 2.24) is 14.2 Å². The molecular formula is C12H19N3O4S. The monoisotopic (exact) mass is 301 g/mol. The molecule has 0 aromatic carbocycles. The summed E-state index contributed by atoms with van der Waals surface area (Å²) in [5.41, 5.74) is 0.312. The highest BCUT2D eigenvalue weighted by Gasteiger charge is 2.30. The van der Waals surface area contributed by atoms with Crippen molar-refractivity contribution >= 4 is 15.9 Å². The number of aromatic nitrogens is 1. The van der Waals surface area contributed by atoms with Crippen molar-refractivity contribution in [3.63, 3.8) is 0 Å². The Balaban J connectivity index is 2.32. The van der Waals surface area contributed by atoms with Crippen LogP contribution in [0.1, 0.15) is 17.4 Å². The number of nitrogens with one attached hydrogen (secondary N) is 1. The molecule has 1 fully saturated rings. The first-order chi connectivity index (χ1) is 9.36. The van der Waals surface area contributed by atoms with Crippen molar-refractivity contribution in [2.45, 2.75) is 17.9 Å². The summed E-state index contributed by atoms with van der Waals surface area (Å²) in [6.07, 6.45) is 1.33. The fourth-order valence-corrected chi connectivity index (χ4v) is 3.75. The highest BCUT2D eigenvalue weighted by Crippen LogP contribution is 2.20. The van der Waals surface area contributed by atoms with Gasteiger partial charge in [0.2, 0.25) is 10.0 Å². The third kappa shape index (κ3) is 2.72. The van der Waals surface area contributed by atoms with Crippen molar-refractivity contribution in [1.29, 1.82) is 0 Å². The van der Waals surface area contributed by atoms with Gasteiger partial charge in [0.05, 0.1) is 12.7 Å². The molecule has 8 heteroatoms. The molecule has 7 nitrogen and oxygen atoms in total. The number of sulfonamides is 1. The lowest BCUT2D eigenvalue weighted by Crippen LogP contribution is -2.44. The molecule has 2 rings (SSSR count). The number of carbonyl (C=O) groups is 1. The second kappa shape index (κ2) is 5.55. The maximum atomic E-state index is 12.5. The minimum absolute atomic E-state index is 0.124. The predicted octanol–water partition coefficient (Wildman–Crippen LogP) is -0.206. The summed E-state index contributed by atoms with van der Waals surface area (Å²) in [6.45, 7) is 2.88. The Morgan fingerprint density at radius 3 is 2.80 bits per heavy atom. The molecule has 1 saturated heterocycles. The lowest BCUT2D eigenvalue weighted by atomic mass is 10.3. The van der Waals surface area contributed by atoms with Crippen LogP contribution in [-0.4, -0.2) is 56.0 Å². The second-order valence-corrected chi connectivity index (χ2v) is 6.73. The van der Waals surface area contributed by atoms with Gasteiger partial charge in [0.25, 0.3) is 5.91 Å². The number of rotatable bonds is 3. The maximum Gasteiger partial charge on any atom is 0.267 e. The molecule has 1 N–H and O–H groups in total. The Bertz CT molecular complexity index is 608. The van der Waals surface area contributed by atoms with Crippen LogP contribution in [0.5, 0.6) is 0 Å². The van der Waals surface area contributed by atoms with E-state index < -0.39 is 10.0 Å². The Morgan fingerprint density at radius 1 is 1.50 bits per heavy atom. The first kappa shape index (κ1) is 15.0. The van der Waals surface area contributed by atoms with Crippen LogP contribution in [0.15, 0.2) is 17.2 Å². The Morgan fingerprint density at radius 2 is 2.20 bits per heavy atom. The molecule has 1 atom stereocenters. The summed E-state index contributed by atoms with van der Waals surface area (Å²) in [5.74, 6) is -0.315. The zero-order valence-electron chi connectivity index (χ0n) is 11.8. The van der Waals surface area contributed by atoms with Gasteiger partial charge in [0.15, 0.2) is 0 Å². The molecule has 1 unspecified atom stereocenters. The molecule has 112 valence electrons. The zero-order chi connectivity index (χ0) is 14.9. The summed E-state index contributed by atoms with van der Waals surface area (Å²) in [4.78, 5) is 11.8. The highest BCUT2D eigenvalue weighted by molar-refractivity contribution is 7.89. The van der Waals surface area contributed by atoms with E-state index in [9.17, 15) is 13.2 Å². The van der Waals surface area contributed by atoms with E-state index in [2.05, 4.69) is 5.32 Å². The van der Waals surface area contributed by atoms with Crippen LogP contribution in [0.3, 0.4) is 0 Å². The quantitative estimate of drug-likeness (QED) is 0.838. The molecular weight excluding hydrogens is 282 g/mol. The van der Waals surface area contributed by atoms with Crippen LogP contribution in [-0.2, 0) is 21.8 Å². The van der Waals surface area contributed by atoms with E-state index >= 15 is 0 Å². The fourth-order valence-electron chi connectivity index (χ4n) is 2.18. The van der Waals surface area contributed by atoms with Crippen LogP contribution in [0.2, 0.25) is 0 Å². The van der Waals surface area contributed by atoms with Gasteiger partial charge < -0.3 is 14.6 Å². The molecule has 20 heavy (non-hydrogen) atoms. The summed E-state index contributed by atoms with van der Waals surface area (Å²) < 4.78 is 33.3. The van der Waals surface area contributed by atoms with Gasteiger partial charge >= 0.3 is 0 Å². The summed E-state index contributed by atoms with van der Waals surface area (Å²) >= 11 is 0. The van der Waals surface area contributed by atoms with Crippen molar-refractivity contribution in [2.24, 2.45) is 7.05 Å². The largest absolute Gasteiger partial charge is 0.376 e. The highest BCUT2D eigenvalue weighted by atomic mass is 32.2. The lowest BCUT2D eigenvalue weighted by molar-refractivity contribution is 0.0102. The Labute approximate surface area is 118 Å². The number of carbonyl (C=O) groups excluding carboxylic acids is 1. The number of nitrogens with zero attached hydrogens (tertiary/aromatic N) is 2. The van der Waals surface area contributed by atoms with Gasteiger partial charge in [-0.3, -0.25) is 4.79 Å². The lowest BCUT2D eigenvalue weighted by Gasteiger charge is -2.29. The average Bonchev–Trinajstić information content (AvgIpc) is 2.80. The van der Waals surface area contributed by atoms with Crippen molar-refractivity contribution < 1.29 is 17.9 Å². The van der Waals surface area contributed by atoms with E-state index in [0.29, 0.717) is 25.4 Å². The summed E-state index contributed by atoms with van der Waals surface area (Å²) in [6, 6.07) is 1.40. The first-order valence-electron chi connectivity index (χ1n) is 6.36. The van der Waals surface area contributed by atoms with Gasteiger partial charge in [-0.25, -0.2) is 8.42 Å². The SMILES string of the molecule is CNC(=O)c1cc(S(=O)(=O)N2CCOC(C)C2)cn1C. The summed E-state index contributed by atoms with van der Waals surface area (Å²) in [7, 11) is -0.434. The van der Waals surface area contributed by atoms with Crippen LogP contribution in [0, 0.1) is 0 Å². The average molecular weight is 301 g/mol. The molecule has 1 amide bonds. The van der Waals surface area contributed by atoms with Gasteiger partial charge in [0.1, 0.15) is 10.6 Å². The van der Waals surface area contributed by atoms with Crippen molar-refractivity contribution in [3.8, 4) is 0 Å². The zero-order valence-corrected chi connectivity index (χ0v) is 12.6. The van der Waals surface area contributed by atoms with Gasteiger partial charge in [-0.05, 0) is 13.0 Å². The Hall–Kier alpha value is -1.38. The first-order valence-corrected chi connectivity index (χ1v) is 7.80. The van der Waals surface area contributed by atoms with E-state index in [-0.39, 0.29) is 16.9 Å². The van der Waals surface area contributed by atoms with Crippen LogP contribution in [0.4, 0.5) is 0 Å². The molecule has 0 saturated carbocycles. The Kier molecular flexibility index (Phi) is 4.17. The van der Waals surface area contributed by atoms with Crippen LogP contribution >= 0.6 is 0 Å². The van der Waals surface area contributed by atoms with Gasteiger partial charge in [-0.2, -0.15) is 4.31 Å². The minimum atomic E-state index is -3.59. The summed E-state index contributed by atoms with van der Waals surface area (Å²) in [5, 5.41) is 2.49. The fraction of sp³-hybridized carbons (Fsp3) is 0.583. The number of amides is 1. The predicted molar refractivity (Wildman–Crippen MR) is 73.0 cm³/mol. The third-order valence-corrected chi connectivity index (χ3v) is 5.11. The van der Waals surface area contributed by atoms with E-state index in [1.807, 2.05) is 6.92 Å². The van der Waals surface area contributed by atoms with Crippen molar-refractivity contribution in [2.75, 3.05) is 26.7 Å². The third-order valence-electron chi connectivity index (χ3n) is 3.28. The molecule has 0 spiro atoms. The molecule has 0 aliphatic carbocycles. The van der Waals surface area contributed by atoms with Crippen molar-refractivity contribution in [3.05, 3.63) is 18.0 Å². The normalized spacial score (nSPS) is 20.9. The van der Waals surface area contributed by atoms with E-state index in [1.54, 1.807) is 7.05 Å². The van der Waals surface area contributed by atoms with Gasteiger partial charge in [0, 0.05) is 33.4 Å². The van der Waals surface area contributed by atoms with Gasteiger partial charge in [-0.1, -0.05) is 0 Å². The number of morpholine rings is 1. The number of hydrogen-bond acceptors (Lipinski definition) is 4. The number of ether oxygens (including phenoxy) is 1. The molecule has 1 aromatic heterocycles. The number of aryl methyl sites for hydroxylation is 1. The molecule has 1 aliphatic rings. The molecule has 1 aliphatic heterocycles. The van der Waals surface area contributed by atoms with Gasteiger partial charge in [-0.15, -0.1) is 0 Å². The number of hydrogen-bond donors (Lipinski definition) is 1. The molecule has 2 heterocycles. The maximum absolute atomic E-state index is 12.5. The van der Waals surface area contributed by atoms with E-state index in [4.69, 9.17) is 4.74 Å². The smallest absolute Gasteiger partial charge is 0.267 e. The molecule has 0 radical (unpaired) electrons. The second-order valence-electron chi connectivity index (χ2n) is 4.80.